The molecule has 1 aliphatic heterocycles. The van der Waals surface area contributed by atoms with Gasteiger partial charge in [0.15, 0.2) is 5.78 Å². The average Bonchev–Trinajstić information content (AvgIpc) is 2.70. The third-order valence-electron chi connectivity index (χ3n) is 3.74. The van der Waals surface area contributed by atoms with Crippen LogP contribution < -0.4 is 0 Å². The molecule has 16 heavy (non-hydrogen) atoms. The van der Waals surface area contributed by atoms with Crippen LogP contribution in [0.4, 0.5) is 0 Å². The van der Waals surface area contributed by atoms with E-state index in [1.165, 1.54) is 19.3 Å². The Hall–Kier alpha value is -0.370. The average molecular weight is 226 g/mol. The Labute approximate surface area is 99.8 Å². The minimum Gasteiger partial charge on any atom is -0.370 e. The predicted molar refractivity (Wildman–Crippen MR) is 66.5 cm³/mol. The highest BCUT2D eigenvalue weighted by Crippen LogP contribution is 2.25. The Morgan fingerprint density at radius 2 is 2.19 bits per heavy atom. The summed E-state index contributed by atoms with van der Waals surface area (Å²) in [5, 5.41) is 0. The van der Waals surface area contributed by atoms with E-state index in [0.717, 1.165) is 25.9 Å². The molecule has 0 aromatic carbocycles. The Bertz CT molecular complexity index is 213. The summed E-state index contributed by atoms with van der Waals surface area (Å²) in [4.78, 5) is 12.1. The summed E-state index contributed by atoms with van der Waals surface area (Å²) in [5.41, 5.74) is 0. The van der Waals surface area contributed by atoms with Gasteiger partial charge >= 0.3 is 0 Å². The Balaban J connectivity index is 2.35. The predicted octanol–water partition coefficient (Wildman–Crippen LogP) is 3.59. The molecule has 0 radical (unpaired) electrons. The first kappa shape index (κ1) is 13.7. The van der Waals surface area contributed by atoms with E-state index in [9.17, 15) is 4.79 Å². The maximum absolute atomic E-state index is 12.1. The van der Waals surface area contributed by atoms with Crippen molar-refractivity contribution in [2.45, 2.75) is 65.4 Å². The van der Waals surface area contributed by atoms with Crippen LogP contribution in [0.3, 0.4) is 0 Å². The quantitative estimate of drug-likeness (QED) is 0.663. The topological polar surface area (TPSA) is 26.3 Å². The molecule has 1 aliphatic rings. The normalized spacial score (nSPS) is 26.9. The molecule has 3 unspecified atom stereocenters. The second-order valence-electron chi connectivity index (χ2n) is 5.14. The third kappa shape index (κ3) is 3.89. The summed E-state index contributed by atoms with van der Waals surface area (Å²) < 4.78 is 5.53. The molecular formula is C14H26O2. The van der Waals surface area contributed by atoms with Gasteiger partial charge in [-0.15, -0.1) is 0 Å². The number of carbonyl (C=O) groups excluding carboxylic acids is 1. The van der Waals surface area contributed by atoms with Gasteiger partial charge in [0, 0.05) is 13.0 Å². The van der Waals surface area contributed by atoms with Crippen molar-refractivity contribution in [1.29, 1.82) is 0 Å². The number of ketones is 1. The molecule has 2 heteroatoms. The van der Waals surface area contributed by atoms with Crippen LogP contribution in [-0.4, -0.2) is 18.5 Å². The minimum absolute atomic E-state index is 0.101. The standard InChI is InChI=1S/C14H26O2/c1-4-6-7-12(5-2)10-13(15)14-11(3)8-9-16-14/h11-12,14H,4-10H2,1-3H3. The smallest absolute Gasteiger partial charge is 0.162 e. The molecule has 0 bridgehead atoms. The number of rotatable bonds is 7. The van der Waals surface area contributed by atoms with Crippen molar-refractivity contribution in [2.75, 3.05) is 6.61 Å². The molecule has 1 heterocycles. The van der Waals surface area contributed by atoms with Crippen molar-refractivity contribution in [1.82, 2.24) is 0 Å². The molecule has 1 saturated heterocycles. The van der Waals surface area contributed by atoms with E-state index < -0.39 is 0 Å². The molecule has 0 amide bonds. The van der Waals surface area contributed by atoms with Gasteiger partial charge in [-0.25, -0.2) is 0 Å². The molecule has 0 aromatic heterocycles. The van der Waals surface area contributed by atoms with Crippen LogP contribution >= 0.6 is 0 Å². The molecule has 0 N–H and O–H groups in total. The summed E-state index contributed by atoms with van der Waals surface area (Å²) in [6.45, 7) is 7.29. The van der Waals surface area contributed by atoms with Crippen LogP contribution in [0.5, 0.6) is 0 Å². The van der Waals surface area contributed by atoms with Gasteiger partial charge in [0.05, 0.1) is 0 Å². The number of unbranched alkanes of at least 4 members (excludes halogenated alkanes) is 1. The van der Waals surface area contributed by atoms with E-state index in [-0.39, 0.29) is 6.10 Å². The van der Waals surface area contributed by atoms with Gasteiger partial charge in [0.1, 0.15) is 6.10 Å². The first-order chi connectivity index (χ1) is 7.69. The maximum atomic E-state index is 12.1. The van der Waals surface area contributed by atoms with E-state index in [2.05, 4.69) is 20.8 Å². The fourth-order valence-electron chi connectivity index (χ4n) is 2.45. The second kappa shape index (κ2) is 7.05. The van der Waals surface area contributed by atoms with Crippen molar-refractivity contribution in [2.24, 2.45) is 11.8 Å². The first-order valence-corrected chi connectivity index (χ1v) is 6.83. The van der Waals surface area contributed by atoms with Crippen LogP contribution in [-0.2, 0) is 9.53 Å². The molecule has 0 aromatic rings. The van der Waals surface area contributed by atoms with Crippen molar-refractivity contribution in [3.63, 3.8) is 0 Å². The molecule has 3 atom stereocenters. The highest BCUT2D eigenvalue weighted by Gasteiger charge is 2.31. The summed E-state index contributed by atoms with van der Waals surface area (Å²) in [5.74, 6) is 1.34. The van der Waals surface area contributed by atoms with Crippen molar-refractivity contribution >= 4 is 5.78 Å². The number of hydrogen-bond acceptors (Lipinski definition) is 2. The molecule has 2 nitrogen and oxygen atoms in total. The third-order valence-corrected chi connectivity index (χ3v) is 3.74. The van der Waals surface area contributed by atoms with Crippen molar-refractivity contribution < 1.29 is 9.53 Å². The molecule has 1 rings (SSSR count). The highest BCUT2D eigenvalue weighted by atomic mass is 16.5. The Kier molecular flexibility index (Phi) is 6.04. The summed E-state index contributed by atoms with van der Waals surface area (Å²) in [6, 6.07) is 0. The van der Waals surface area contributed by atoms with Crippen molar-refractivity contribution in [3.8, 4) is 0 Å². The molecule has 94 valence electrons. The van der Waals surface area contributed by atoms with Crippen LogP contribution in [0.2, 0.25) is 0 Å². The maximum Gasteiger partial charge on any atom is 0.162 e. The van der Waals surface area contributed by atoms with Gasteiger partial charge in [-0.1, -0.05) is 46.5 Å². The fourth-order valence-corrected chi connectivity index (χ4v) is 2.45. The van der Waals surface area contributed by atoms with Gasteiger partial charge in [-0.2, -0.15) is 0 Å². The molecule has 1 fully saturated rings. The van der Waals surface area contributed by atoms with E-state index in [1.54, 1.807) is 0 Å². The van der Waals surface area contributed by atoms with E-state index in [0.29, 0.717) is 17.6 Å². The van der Waals surface area contributed by atoms with Gasteiger partial charge < -0.3 is 4.74 Å². The van der Waals surface area contributed by atoms with Gasteiger partial charge in [-0.3, -0.25) is 4.79 Å². The molecule has 0 saturated carbocycles. The fraction of sp³-hybridized carbons (Fsp3) is 0.929. The zero-order valence-electron chi connectivity index (χ0n) is 11.0. The Morgan fingerprint density at radius 1 is 1.44 bits per heavy atom. The van der Waals surface area contributed by atoms with Crippen LogP contribution in [0.25, 0.3) is 0 Å². The number of Topliss-reactive ketones (excluding diaryl/α,β-unsaturated/α-hetero) is 1. The van der Waals surface area contributed by atoms with E-state index in [1.807, 2.05) is 0 Å². The van der Waals surface area contributed by atoms with Crippen LogP contribution in [0.1, 0.15) is 59.3 Å². The molecule has 0 aliphatic carbocycles. The SMILES string of the molecule is CCCCC(CC)CC(=O)C1OCCC1C. The lowest BCUT2D eigenvalue weighted by Gasteiger charge is -2.18. The van der Waals surface area contributed by atoms with Crippen LogP contribution in [0, 0.1) is 11.8 Å². The minimum atomic E-state index is -0.101. The zero-order chi connectivity index (χ0) is 12.0. The lowest BCUT2D eigenvalue weighted by molar-refractivity contribution is -0.130. The lowest BCUT2D eigenvalue weighted by atomic mass is 9.89. The second-order valence-corrected chi connectivity index (χ2v) is 5.14. The van der Waals surface area contributed by atoms with Crippen LogP contribution in [0.15, 0.2) is 0 Å². The van der Waals surface area contributed by atoms with Gasteiger partial charge in [0.2, 0.25) is 0 Å². The summed E-state index contributed by atoms with van der Waals surface area (Å²) in [6.07, 6.45) is 6.45. The van der Waals surface area contributed by atoms with Gasteiger partial charge in [-0.05, 0) is 18.3 Å². The number of hydrogen-bond donors (Lipinski definition) is 0. The van der Waals surface area contributed by atoms with E-state index in [4.69, 9.17) is 4.74 Å². The first-order valence-electron chi connectivity index (χ1n) is 6.83. The number of carbonyl (C=O) groups is 1. The van der Waals surface area contributed by atoms with Gasteiger partial charge in [0.25, 0.3) is 0 Å². The summed E-state index contributed by atoms with van der Waals surface area (Å²) >= 11 is 0. The largest absolute Gasteiger partial charge is 0.370 e. The van der Waals surface area contributed by atoms with E-state index >= 15 is 0 Å². The van der Waals surface area contributed by atoms with Crippen molar-refractivity contribution in [3.05, 3.63) is 0 Å². The Morgan fingerprint density at radius 3 is 2.69 bits per heavy atom. The summed E-state index contributed by atoms with van der Waals surface area (Å²) in [7, 11) is 0. The molecule has 0 spiro atoms. The number of ether oxygens (including phenoxy) is 1. The zero-order valence-corrected chi connectivity index (χ0v) is 11.0. The highest BCUT2D eigenvalue weighted by molar-refractivity contribution is 5.83. The molecular weight excluding hydrogens is 200 g/mol. The lowest BCUT2D eigenvalue weighted by Crippen LogP contribution is -2.27. The monoisotopic (exact) mass is 226 g/mol.